The molecule has 1 aliphatic rings. The summed E-state index contributed by atoms with van der Waals surface area (Å²) in [5.74, 6) is -3.84. The van der Waals surface area contributed by atoms with Gasteiger partial charge in [-0.15, -0.1) is 0 Å². The molecule has 2 aromatic rings. The molecule has 0 radical (unpaired) electrons. The molecule has 0 bridgehead atoms. The first-order valence-electron chi connectivity index (χ1n) is 7.81. The van der Waals surface area contributed by atoms with Crippen molar-refractivity contribution in [1.82, 2.24) is 5.32 Å². The monoisotopic (exact) mass is 403 g/mol. The minimum absolute atomic E-state index is 0.00540. The molecule has 2 N–H and O–H groups in total. The van der Waals surface area contributed by atoms with E-state index in [1.54, 1.807) is 0 Å². The smallest absolute Gasteiger partial charge is 0.416 e. The standard InChI is InChI=1S/C18H11F6NO3/c19-17(20,21)9-5-8(6-10(7-9)18(22,23)24)14-13(16(27)28)11-3-1-2-4-12(11)15(26)25-14/h1-7,13-14H,(H,25,26)(H,27,28)/t13-,14+/m0/s1. The van der Waals surface area contributed by atoms with E-state index in [-0.39, 0.29) is 17.2 Å². The van der Waals surface area contributed by atoms with Crippen LogP contribution in [-0.4, -0.2) is 17.0 Å². The van der Waals surface area contributed by atoms with Crippen LogP contribution in [0.15, 0.2) is 42.5 Å². The average Bonchev–Trinajstić information content (AvgIpc) is 2.59. The Hall–Kier alpha value is -3.04. The first-order valence-corrected chi connectivity index (χ1v) is 7.81. The Morgan fingerprint density at radius 3 is 1.96 bits per heavy atom. The fourth-order valence-corrected chi connectivity index (χ4v) is 3.17. The molecular weight excluding hydrogens is 392 g/mol. The predicted octanol–water partition coefficient (Wildman–Crippen LogP) is 4.38. The molecule has 4 nitrogen and oxygen atoms in total. The second-order valence-corrected chi connectivity index (χ2v) is 6.19. The molecule has 2 aromatic carbocycles. The number of hydrogen-bond acceptors (Lipinski definition) is 2. The van der Waals surface area contributed by atoms with Crippen molar-refractivity contribution in [3.63, 3.8) is 0 Å². The van der Waals surface area contributed by atoms with Crippen LogP contribution in [0.3, 0.4) is 0 Å². The lowest BCUT2D eigenvalue weighted by molar-refractivity contribution is -0.143. The van der Waals surface area contributed by atoms with Crippen LogP contribution in [0, 0.1) is 0 Å². The molecule has 3 rings (SSSR count). The van der Waals surface area contributed by atoms with E-state index in [2.05, 4.69) is 5.32 Å². The lowest BCUT2D eigenvalue weighted by Crippen LogP contribution is -2.41. The maximum atomic E-state index is 13.1. The number of fused-ring (bicyclic) bond motifs is 1. The molecule has 1 aliphatic heterocycles. The van der Waals surface area contributed by atoms with Crippen LogP contribution >= 0.6 is 0 Å². The van der Waals surface area contributed by atoms with Crippen LogP contribution in [0.4, 0.5) is 26.3 Å². The molecule has 0 aliphatic carbocycles. The molecule has 2 atom stereocenters. The van der Waals surface area contributed by atoms with Crippen molar-refractivity contribution in [2.45, 2.75) is 24.3 Å². The Morgan fingerprint density at radius 2 is 1.46 bits per heavy atom. The predicted molar refractivity (Wildman–Crippen MR) is 83.5 cm³/mol. The van der Waals surface area contributed by atoms with Crippen molar-refractivity contribution in [3.8, 4) is 0 Å². The highest BCUT2D eigenvalue weighted by Crippen LogP contribution is 2.42. The minimum atomic E-state index is -5.09. The zero-order chi connectivity index (χ0) is 20.9. The summed E-state index contributed by atoms with van der Waals surface area (Å²) in [6, 6.07) is 4.69. The van der Waals surface area contributed by atoms with E-state index in [4.69, 9.17) is 0 Å². The van der Waals surface area contributed by atoms with E-state index in [1.165, 1.54) is 24.3 Å². The van der Waals surface area contributed by atoms with Gasteiger partial charge in [0.2, 0.25) is 0 Å². The SMILES string of the molecule is O=C1N[C@H](c2cc(C(F)(F)F)cc(C(F)(F)F)c2)[C@@H](C(=O)O)c2ccccc21. The number of rotatable bonds is 2. The molecule has 148 valence electrons. The van der Waals surface area contributed by atoms with Gasteiger partial charge in [0.15, 0.2) is 0 Å². The zero-order valence-corrected chi connectivity index (χ0v) is 13.7. The molecule has 0 saturated heterocycles. The molecule has 10 heteroatoms. The maximum absolute atomic E-state index is 13.1. The quantitative estimate of drug-likeness (QED) is 0.732. The lowest BCUT2D eigenvalue weighted by Gasteiger charge is -2.32. The molecular formula is C18H11F6NO3. The highest BCUT2D eigenvalue weighted by atomic mass is 19.4. The Bertz CT molecular complexity index is 919. The summed E-state index contributed by atoms with van der Waals surface area (Å²) >= 11 is 0. The van der Waals surface area contributed by atoms with Crippen LogP contribution in [0.1, 0.15) is 44.6 Å². The second kappa shape index (κ2) is 6.54. The summed E-state index contributed by atoms with van der Waals surface area (Å²) in [5.41, 5.74) is -3.77. The molecule has 1 heterocycles. The number of carbonyl (C=O) groups is 2. The molecule has 1 amide bonds. The maximum Gasteiger partial charge on any atom is 0.416 e. The van der Waals surface area contributed by atoms with E-state index >= 15 is 0 Å². The van der Waals surface area contributed by atoms with Gasteiger partial charge in [0, 0.05) is 5.56 Å². The van der Waals surface area contributed by atoms with E-state index in [9.17, 15) is 41.0 Å². The number of halogens is 6. The topological polar surface area (TPSA) is 66.4 Å². The Morgan fingerprint density at radius 1 is 0.929 bits per heavy atom. The van der Waals surface area contributed by atoms with Gasteiger partial charge in [-0.1, -0.05) is 18.2 Å². The third-order valence-electron chi connectivity index (χ3n) is 4.40. The Kier molecular flexibility index (Phi) is 4.60. The van der Waals surface area contributed by atoms with Gasteiger partial charge >= 0.3 is 18.3 Å². The molecule has 28 heavy (non-hydrogen) atoms. The van der Waals surface area contributed by atoms with Crippen molar-refractivity contribution in [1.29, 1.82) is 0 Å². The largest absolute Gasteiger partial charge is 0.481 e. The van der Waals surface area contributed by atoms with Gasteiger partial charge in [-0.2, -0.15) is 26.3 Å². The summed E-state index contributed by atoms with van der Waals surface area (Å²) in [5, 5.41) is 11.8. The first-order chi connectivity index (χ1) is 12.9. The molecule has 0 fully saturated rings. The summed E-state index contributed by atoms with van der Waals surface area (Å²) in [4.78, 5) is 24.0. The summed E-state index contributed by atoms with van der Waals surface area (Å²) in [6.07, 6.45) is -10.2. The number of carboxylic acids is 1. The van der Waals surface area contributed by atoms with Crippen LogP contribution in [-0.2, 0) is 17.1 Å². The summed E-state index contributed by atoms with van der Waals surface area (Å²) in [6.45, 7) is 0. The third-order valence-corrected chi connectivity index (χ3v) is 4.40. The van der Waals surface area contributed by atoms with Crippen LogP contribution in [0.5, 0.6) is 0 Å². The number of carbonyl (C=O) groups excluding carboxylic acids is 1. The highest BCUT2D eigenvalue weighted by molar-refractivity contribution is 6.00. The van der Waals surface area contributed by atoms with Gasteiger partial charge in [-0.3, -0.25) is 9.59 Å². The number of nitrogens with one attached hydrogen (secondary N) is 1. The van der Waals surface area contributed by atoms with E-state index in [0.29, 0.717) is 12.1 Å². The van der Waals surface area contributed by atoms with Crippen LogP contribution in [0.25, 0.3) is 0 Å². The van der Waals surface area contributed by atoms with Crippen molar-refractivity contribution < 1.29 is 41.0 Å². The first kappa shape index (κ1) is 19.7. The number of aliphatic carboxylic acids is 1. The number of benzene rings is 2. The number of alkyl halides is 6. The van der Waals surface area contributed by atoms with Crippen molar-refractivity contribution in [2.24, 2.45) is 0 Å². The van der Waals surface area contributed by atoms with E-state index in [0.717, 1.165) is 0 Å². The fourth-order valence-electron chi connectivity index (χ4n) is 3.17. The van der Waals surface area contributed by atoms with Gasteiger partial charge in [-0.25, -0.2) is 0 Å². The average molecular weight is 403 g/mol. The van der Waals surface area contributed by atoms with Gasteiger partial charge in [-0.05, 0) is 35.4 Å². The van der Waals surface area contributed by atoms with Gasteiger partial charge < -0.3 is 10.4 Å². The van der Waals surface area contributed by atoms with E-state index in [1.807, 2.05) is 0 Å². The van der Waals surface area contributed by atoms with Crippen molar-refractivity contribution in [3.05, 3.63) is 70.3 Å². The van der Waals surface area contributed by atoms with E-state index < -0.39 is 52.9 Å². The van der Waals surface area contributed by atoms with Crippen LogP contribution in [0.2, 0.25) is 0 Å². The highest BCUT2D eigenvalue weighted by Gasteiger charge is 2.42. The minimum Gasteiger partial charge on any atom is -0.481 e. The van der Waals surface area contributed by atoms with Crippen molar-refractivity contribution in [2.75, 3.05) is 0 Å². The fraction of sp³-hybridized carbons (Fsp3) is 0.222. The van der Waals surface area contributed by atoms with Gasteiger partial charge in [0.25, 0.3) is 5.91 Å². The molecule has 0 saturated carbocycles. The normalized spacial score (nSPS) is 19.7. The molecule has 0 unspecified atom stereocenters. The Balaban J connectivity index is 2.22. The molecule has 0 spiro atoms. The zero-order valence-electron chi connectivity index (χ0n) is 13.7. The number of carboxylic acid groups (broad SMARTS) is 1. The summed E-state index contributed by atoms with van der Waals surface area (Å²) in [7, 11) is 0. The Labute approximate surface area is 153 Å². The lowest BCUT2D eigenvalue weighted by atomic mass is 9.80. The summed E-state index contributed by atoms with van der Waals surface area (Å²) < 4.78 is 78.6. The van der Waals surface area contributed by atoms with Crippen LogP contribution < -0.4 is 5.32 Å². The van der Waals surface area contributed by atoms with Crippen molar-refractivity contribution >= 4 is 11.9 Å². The number of hydrogen-bond donors (Lipinski definition) is 2. The third kappa shape index (κ3) is 3.54. The second-order valence-electron chi connectivity index (χ2n) is 6.19. The molecule has 0 aromatic heterocycles. The van der Waals surface area contributed by atoms with Gasteiger partial charge in [0.1, 0.15) is 5.92 Å². The van der Waals surface area contributed by atoms with Gasteiger partial charge in [0.05, 0.1) is 17.2 Å². The number of amides is 1.